The highest BCUT2D eigenvalue weighted by Crippen LogP contribution is 2.19. The molecule has 4 heteroatoms. The average Bonchev–Trinajstić information content (AvgIpc) is 2.38. The van der Waals surface area contributed by atoms with E-state index in [-0.39, 0.29) is 0 Å². The van der Waals surface area contributed by atoms with Crippen LogP contribution in [-0.4, -0.2) is 16.2 Å². The minimum absolute atomic E-state index is 0.749. The minimum atomic E-state index is 0.749. The van der Waals surface area contributed by atoms with Crippen molar-refractivity contribution in [1.29, 1.82) is 0 Å². The van der Waals surface area contributed by atoms with E-state index in [2.05, 4.69) is 45.8 Å². The highest BCUT2D eigenvalue weighted by atomic mass is 32.2. The van der Waals surface area contributed by atoms with Crippen LogP contribution in [0.4, 0.5) is 5.69 Å². The Morgan fingerprint density at radius 2 is 2.06 bits per heavy atom. The van der Waals surface area contributed by atoms with E-state index in [0.29, 0.717) is 0 Å². The first-order chi connectivity index (χ1) is 7.88. The van der Waals surface area contributed by atoms with Crippen molar-refractivity contribution in [2.75, 3.05) is 11.6 Å². The molecule has 0 radical (unpaired) electrons. The lowest BCUT2D eigenvalue weighted by Gasteiger charge is -2.06. The highest BCUT2D eigenvalue weighted by molar-refractivity contribution is 7.98. The summed E-state index contributed by atoms with van der Waals surface area (Å²) >= 11 is 1.74. The Labute approximate surface area is 99.3 Å². The van der Waals surface area contributed by atoms with Crippen LogP contribution in [0.3, 0.4) is 0 Å². The van der Waals surface area contributed by atoms with Crippen LogP contribution in [0, 0.1) is 0 Å². The van der Waals surface area contributed by atoms with Gasteiger partial charge in [0.15, 0.2) is 0 Å². The van der Waals surface area contributed by atoms with Crippen molar-refractivity contribution in [3.05, 3.63) is 48.5 Å². The van der Waals surface area contributed by atoms with Gasteiger partial charge in [0, 0.05) is 35.1 Å². The molecule has 1 N–H and O–H groups in total. The van der Waals surface area contributed by atoms with E-state index in [4.69, 9.17) is 0 Å². The quantitative estimate of drug-likeness (QED) is 0.821. The van der Waals surface area contributed by atoms with Crippen molar-refractivity contribution < 1.29 is 0 Å². The van der Waals surface area contributed by atoms with E-state index < -0.39 is 0 Å². The van der Waals surface area contributed by atoms with Crippen LogP contribution in [0.25, 0.3) is 0 Å². The molecule has 0 saturated heterocycles. The average molecular weight is 231 g/mol. The van der Waals surface area contributed by atoms with Crippen molar-refractivity contribution in [1.82, 2.24) is 9.97 Å². The molecule has 0 aliphatic carbocycles. The summed E-state index contributed by atoms with van der Waals surface area (Å²) in [6, 6.07) is 8.34. The molecule has 0 atom stereocenters. The molecule has 0 unspecified atom stereocenters. The molecule has 1 heterocycles. The van der Waals surface area contributed by atoms with Gasteiger partial charge in [-0.2, -0.15) is 0 Å². The number of aromatic nitrogens is 2. The van der Waals surface area contributed by atoms with Gasteiger partial charge in [-0.05, 0) is 24.5 Å². The van der Waals surface area contributed by atoms with Gasteiger partial charge in [0.05, 0.1) is 0 Å². The normalized spacial score (nSPS) is 10.1. The Bertz CT molecular complexity index is 445. The van der Waals surface area contributed by atoms with E-state index in [1.54, 1.807) is 11.8 Å². The van der Waals surface area contributed by atoms with Gasteiger partial charge in [0.2, 0.25) is 0 Å². The van der Waals surface area contributed by atoms with Gasteiger partial charge in [-0.3, -0.25) is 0 Å². The SMILES string of the molecule is CSc1cccc(NCc2cncnc2)c1. The van der Waals surface area contributed by atoms with Gasteiger partial charge in [-0.15, -0.1) is 11.8 Å². The molecule has 1 aromatic heterocycles. The number of hydrogen-bond acceptors (Lipinski definition) is 4. The monoisotopic (exact) mass is 231 g/mol. The van der Waals surface area contributed by atoms with Crippen molar-refractivity contribution in [3.63, 3.8) is 0 Å². The smallest absolute Gasteiger partial charge is 0.115 e. The molecule has 0 spiro atoms. The molecule has 0 saturated carbocycles. The van der Waals surface area contributed by atoms with Crippen LogP contribution >= 0.6 is 11.8 Å². The highest BCUT2D eigenvalue weighted by Gasteiger charge is 1.95. The maximum Gasteiger partial charge on any atom is 0.115 e. The fourth-order valence-electron chi connectivity index (χ4n) is 1.36. The Hall–Kier alpha value is -1.55. The molecule has 0 fully saturated rings. The fourth-order valence-corrected chi connectivity index (χ4v) is 1.82. The van der Waals surface area contributed by atoms with Crippen LogP contribution in [-0.2, 0) is 6.54 Å². The molecule has 0 aliphatic heterocycles. The van der Waals surface area contributed by atoms with E-state index in [0.717, 1.165) is 17.8 Å². The summed E-state index contributed by atoms with van der Waals surface area (Å²) in [7, 11) is 0. The Morgan fingerprint density at radius 1 is 1.25 bits per heavy atom. The van der Waals surface area contributed by atoms with E-state index in [1.165, 1.54) is 11.2 Å². The third-order valence-electron chi connectivity index (χ3n) is 2.18. The molecule has 0 bridgehead atoms. The zero-order valence-electron chi connectivity index (χ0n) is 9.05. The maximum absolute atomic E-state index is 3.98. The Kier molecular flexibility index (Phi) is 3.77. The predicted molar refractivity (Wildman–Crippen MR) is 67.6 cm³/mol. The lowest BCUT2D eigenvalue weighted by atomic mass is 10.3. The molecule has 0 amide bonds. The molecule has 3 nitrogen and oxygen atoms in total. The minimum Gasteiger partial charge on any atom is -0.381 e. The number of benzene rings is 1. The van der Waals surface area contributed by atoms with Gasteiger partial charge in [0.1, 0.15) is 6.33 Å². The van der Waals surface area contributed by atoms with Crippen LogP contribution < -0.4 is 5.32 Å². The molecule has 1 aromatic carbocycles. The summed E-state index contributed by atoms with van der Waals surface area (Å²) in [6.07, 6.45) is 7.25. The number of nitrogens with zero attached hydrogens (tertiary/aromatic N) is 2. The third kappa shape index (κ3) is 2.97. The molecule has 82 valence electrons. The summed E-state index contributed by atoms with van der Waals surface area (Å²) in [5, 5.41) is 3.34. The zero-order valence-corrected chi connectivity index (χ0v) is 9.87. The van der Waals surface area contributed by atoms with E-state index in [1.807, 2.05) is 12.4 Å². The summed E-state index contributed by atoms with van der Waals surface area (Å²) in [5.41, 5.74) is 2.20. The third-order valence-corrected chi connectivity index (χ3v) is 2.91. The van der Waals surface area contributed by atoms with Gasteiger partial charge < -0.3 is 5.32 Å². The molecule has 2 aromatic rings. The first-order valence-corrected chi connectivity index (χ1v) is 6.23. The van der Waals surface area contributed by atoms with Gasteiger partial charge in [-0.25, -0.2) is 9.97 Å². The Balaban J connectivity index is 1.99. The zero-order chi connectivity index (χ0) is 11.2. The van der Waals surface area contributed by atoms with Gasteiger partial charge >= 0.3 is 0 Å². The van der Waals surface area contributed by atoms with Crippen molar-refractivity contribution >= 4 is 17.4 Å². The largest absolute Gasteiger partial charge is 0.381 e. The number of hydrogen-bond donors (Lipinski definition) is 1. The second kappa shape index (κ2) is 5.51. The first kappa shape index (κ1) is 11.0. The first-order valence-electron chi connectivity index (χ1n) is 5.00. The van der Waals surface area contributed by atoms with Crippen LogP contribution in [0.1, 0.15) is 5.56 Å². The number of anilines is 1. The van der Waals surface area contributed by atoms with Crippen molar-refractivity contribution in [2.45, 2.75) is 11.4 Å². The van der Waals surface area contributed by atoms with Gasteiger partial charge in [0.25, 0.3) is 0 Å². The van der Waals surface area contributed by atoms with Crippen LogP contribution in [0.15, 0.2) is 47.9 Å². The fraction of sp³-hybridized carbons (Fsp3) is 0.167. The Morgan fingerprint density at radius 3 is 2.81 bits per heavy atom. The maximum atomic E-state index is 3.98. The number of rotatable bonds is 4. The molecule has 16 heavy (non-hydrogen) atoms. The molecular weight excluding hydrogens is 218 g/mol. The van der Waals surface area contributed by atoms with E-state index >= 15 is 0 Å². The second-order valence-corrected chi connectivity index (χ2v) is 4.21. The predicted octanol–water partition coefficient (Wildman–Crippen LogP) is 2.81. The van der Waals surface area contributed by atoms with Crippen LogP contribution in [0.2, 0.25) is 0 Å². The van der Waals surface area contributed by atoms with E-state index in [9.17, 15) is 0 Å². The van der Waals surface area contributed by atoms with Crippen LogP contribution in [0.5, 0.6) is 0 Å². The molecular formula is C12H13N3S. The topological polar surface area (TPSA) is 37.8 Å². The number of thioether (sulfide) groups is 1. The number of nitrogens with one attached hydrogen (secondary N) is 1. The summed E-state index contributed by atoms with van der Waals surface area (Å²) in [6.45, 7) is 0.749. The molecule has 2 rings (SSSR count). The van der Waals surface area contributed by atoms with Gasteiger partial charge in [-0.1, -0.05) is 6.07 Å². The summed E-state index contributed by atoms with van der Waals surface area (Å²) < 4.78 is 0. The summed E-state index contributed by atoms with van der Waals surface area (Å²) in [5.74, 6) is 0. The lowest BCUT2D eigenvalue weighted by Crippen LogP contribution is -2.00. The second-order valence-electron chi connectivity index (χ2n) is 3.33. The van der Waals surface area contributed by atoms with Crippen molar-refractivity contribution in [2.24, 2.45) is 0 Å². The summed E-state index contributed by atoms with van der Waals surface area (Å²) in [4.78, 5) is 9.21. The standard InChI is InChI=1S/C12H13N3S/c1-16-12-4-2-3-11(5-12)15-8-10-6-13-9-14-7-10/h2-7,9,15H,8H2,1H3. The lowest BCUT2D eigenvalue weighted by molar-refractivity contribution is 1.05. The molecule has 0 aliphatic rings. The van der Waals surface area contributed by atoms with Crippen molar-refractivity contribution in [3.8, 4) is 0 Å².